The molecular formula is C13H27N3O2S. The minimum atomic E-state index is -3.31. The molecule has 2 unspecified atom stereocenters. The van der Waals surface area contributed by atoms with Crippen molar-refractivity contribution in [2.45, 2.75) is 51.5 Å². The zero-order valence-electron chi connectivity index (χ0n) is 11.9. The van der Waals surface area contributed by atoms with Crippen LogP contribution in [0.2, 0.25) is 0 Å². The third kappa shape index (κ3) is 3.48. The summed E-state index contributed by atoms with van der Waals surface area (Å²) in [7, 11) is -3.31. The number of nitrogens with two attached hydrogens (primary N) is 1. The summed E-state index contributed by atoms with van der Waals surface area (Å²) in [5.41, 5.74) is 5.79. The summed E-state index contributed by atoms with van der Waals surface area (Å²) in [5, 5.41) is 0. The van der Waals surface area contributed by atoms with Gasteiger partial charge in [0.05, 0.1) is 0 Å². The zero-order chi connectivity index (χ0) is 13.9. The molecule has 0 aromatic rings. The molecule has 2 aliphatic rings. The van der Waals surface area contributed by atoms with Crippen LogP contribution in [0.25, 0.3) is 0 Å². The molecule has 2 atom stereocenters. The van der Waals surface area contributed by atoms with E-state index in [2.05, 4.69) is 6.92 Å². The molecule has 0 saturated carbocycles. The number of piperidine rings is 1. The van der Waals surface area contributed by atoms with E-state index in [9.17, 15) is 8.42 Å². The average molecular weight is 289 g/mol. The molecule has 5 nitrogen and oxygen atoms in total. The highest BCUT2D eigenvalue weighted by Gasteiger charge is 2.37. The van der Waals surface area contributed by atoms with Crippen molar-refractivity contribution in [2.24, 2.45) is 11.7 Å². The van der Waals surface area contributed by atoms with E-state index in [1.165, 1.54) is 0 Å². The standard InChI is InChI=1S/C13H27N3O2S/c1-12-6-9-16(13(10-12)11-14)19(17,18)15-7-4-2-3-5-8-15/h12-13H,2-11,14H2,1H3. The Labute approximate surface area is 117 Å². The Morgan fingerprint density at radius 1 is 1.11 bits per heavy atom. The Bertz CT molecular complexity index is 377. The molecule has 112 valence electrons. The van der Waals surface area contributed by atoms with Gasteiger partial charge in [0, 0.05) is 32.2 Å². The predicted molar refractivity (Wildman–Crippen MR) is 76.9 cm³/mol. The van der Waals surface area contributed by atoms with Crippen molar-refractivity contribution in [1.82, 2.24) is 8.61 Å². The first-order valence-corrected chi connectivity index (χ1v) is 8.92. The first-order chi connectivity index (χ1) is 9.05. The van der Waals surface area contributed by atoms with Gasteiger partial charge in [-0.05, 0) is 31.6 Å². The lowest BCUT2D eigenvalue weighted by Gasteiger charge is -2.39. The highest BCUT2D eigenvalue weighted by molar-refractivity contribution is 7.86. The van der Waals surface area contributed by atoms with Gasteiger partial charge in [0.15, 0.2) is 0 Å². The number of hydrogen-bond donors (Lipinski definition) is 1. The molecule has 2 fully saturated rings. The largest absolute Gasteiger partial charge is 0.329 e. The maximum absolute atomic E-state index is 12.8. The van der Waals surface area contributed by atoms with E-state index < -0.39 is 10.2 Å². The van der Waals surface area contributed by atoms with Gasteiger partial charge in [0.25, 0.3) is 10.2 Å². The average Bonchev–Trinajstić information content (AvgIpc) is 2.67. The van der Waals surface area contributed by atoms with Gasteiger partial charge in [-0.2, -0.15) is 17.0 Å². The molecule has 19 heavy (non-hydrogen) atoms. The Morgan fingerprint density at radius 2 is 1.74 bits per heavy atom. The summed E-state index contributed by atoms with van der Waals surface area (Å²) >= 11 is 0. The molecule has 2 rings (SSSR count). The second-order valence-corrected chi connectivity index (χ2v) is 7.83. The van der Waals surface area contributed by atoms with Crippen LogP contribution in [0.3, 0.4) is 0 Å². The second kappa shape index (κ2) is 6.52. The van der Waals surface area contributed by atoms with Crippen LogP contribution in [0.5, 0.6) is 0 Å². The van der Waals surface area contributed by atoms with Crippen LogP contribution in [0, 0.1) is 5.92 Å². The fourth-order valence-corrected chi connectivity index (χ4v) is 5.07. The minimum absolute atomic E-state index is 0.0167. The van der Waals surface area contributed by atoms with Gasteiger partial charge in [-0.25, -0.2) is 0 Å². The number of hydrogen-bond acceptors (Lipinski definition) is 3. The van der Waals surface area contributed by atoms with Crippen molar-refractivity contribution in [3.63, 3.8) is 0 Å². The molecular weight excluding hydrogens is 262 g/mol. The van der Waals surface area contributed by atoms with Crippen LogP contribution in [0.15, 0.2) is 0 Å². The Balaban J connectivity index is 2.12. The summed E-state index contributed by atoms with van der Waals surface area (Å²) in [6, 6.07) is -0.0167. The predicted octanol–water partition coefficient (Wildman–Crippen LogP) is 1.17. The molecule has 6 heteroatoms. The van der Waals surface area contributed by atoms with Gasteiger partial charge in [0.2, 0.25) is 0 Å². The van der Waals surface area contributed by atoms with Gasteiger partial charge in [-0.3, -0.25) is 0 Å². The summed E-state index contributed by atoms with van der Waals surface area (Å²) in [4.78, 5) is 0. The lowest BCUT2D eigenvalue weighted by atomic mass is 9.94. The van der Waals surface area contributed by atoms with E-state index in [-0.39, 0.29) is 6.04 Å². The van der Waals surface area contributed by atoms with E-state index in [0.29, 0.717) is 32.1 Å². The third-order valence-electron chi connectivity index (χ3n) is 4.38. The lowest BCUT2D eigenvalue weighted by molar-refractivity contribution is 0.197. The van der Waals surface area contributed by atoms with Gasteiger partial charge in [-0.1, -0.05) is 19.8 Å². The highest BCUT2D eigenvalue weighted by Crippen LogP contribution is 2.27. The monoisotopic (exact) mass is 289 g/mol. The van der Waals surface area contributed by atoms with Gasteiger partial charge in [-0.15, -0.1) is 0 Å². The van der Waals surface area contributed by atoms with Crippen LogP contribution < -0.4 is 5.73 Å². The van der Waals surface area contributed by atoms with Crippen LogP contribution >= 0.6 is 0 Å². The quantitative estimate of drug-likeness (QED) is 0.848. The minimum Gasteiger partial charge on any atom is -0.329 e. The lowest BCUT2D eigenvalue weighted by Crippen LogP contribution is -2.54. The molecule has 0 spiro atoms. The molecule has 0 radical (unpaired) electrons. The van der Waals surface area contributed by atoms with Crippen LogP contribution in [0.4, 0.5) is 0 Å². The van der Waals surface area contributed by atoms with Crippen LogP contribution in [0.1, 0.15) is 45.4 Å². The van der Waals surface area contributed by atoms with Crippen molar-refractivity contribution in [3.05, 3.63) is 0 Å². The Morgan fingerprint density at radius 3 is 2.32 bits per heavy atom. The fraction of sp³-hybridized carbons (Fsp3) is 1.00. The normalized spacial score (nSPS) is 32.1. The molecule has 2 heterocycles. The van der Waals surface area contributed by atoms with E-state index in [1.54, 1.807) is 8.61 Å². The second-order valence-electron chi connectivity index (χ2n) is 5.95. The summed E-state index contributed by atoms with van der Waals surface area (Å²) in [5.74, 6) is 0.573. The molecule has 0 amide bonds. The van der Waals surface area contributed by atoms with Crippen molar-refractivity contribution in [2.75, 3.05) is 26.2 Å². The van der Waals surface area contributed by atoms with E-state index >= 15 is 0 Å². The van der Waals surface area contributed by atoms with Crippen LogP contribution in [-0.4, -0.2) is 49.2 Å². The first-order valence-electron chi connectivity index (χ1n) is 7.52. The van der Waals surface area contributed by atoms with E-state index in [1.807, 2.05) is 0 Å². The topological polar surface area (TPSA) is 66.6 Å². The van der Waals surface area contributed by atoms with Gasteiger partial charge >= 0.3 is 0 Å². The molecule has 2 aliphatic heterocycles. The smallest absolute Gasteiger partial charge is 0.282 e. The summed E-state index contributed by atoms with van der Waals surface area (Å²) < 4.78 is 28.9. The molecule has 2 saturated heterocycles. The maximum Gasteiger partial charge on any atom is 0.282 e. The Hall–Kier alpha value is -0.170. The number of nitrogens with zero attached hydrogens (tertiary/aromatic N) is 2. The van der Waals surface area contributed by atoms with Crippen molar-refractivity contribution < 1.29 is 8.42 Å². The van der Waals surface area contributed by atoms with Gasteiger partial charge < -0.3 is 5.73 Å². The molecule has 0 aromatic heterocycles. The van der Waals surface area contributed by atoms with Crippen molar-refractivity contribution >= 4 is 10.2 Å². The van der Waals surface area contributed by atoms with Crippen molar-refractivity contribution in [1.29, 1.82) is 0 Å². The highest BCUT2D eigenvalue weighted by atomic mass is 32.2. The first kappa shape index (κ1) is 15.2. The van der Waals surface area contributed by atoms with E-state index in [0.717, 1.165) is 38.5 Å². The molecule has 2 N–H and O–H groups in total. The SMILES string of the molecule is CC1CCN(S(=O)(=O)N2CCCCCC2)C(CN)C1. The molecule has 0 aromatic carbocycles. The molecule has 0 aliphatic carbocycles. The van der Waals surface area contributed by atoms with Crippen molar-refractivity contribution in [3.8, 4) is 0 Å². The van der Waals surface area contributed by atoms with Crippen LogP contribution in [-0.2, 0) is 10.2 Å². The molecule has 0 bridgehead atoms. The Kier molecular flexibility index (Phi) is 5.22. The van der Waals surface area contributed by atoms with E-state index in [4.69, 9.17) is 5.73 Å². The third-order valence-corrected chi connectivity index (χ3v) is 6.47. The zero-order valence-corrected chi connectivity index (χ0v) is 12.7. The summed E-state index contributed by atoms with van der Waals surface area (Å²) in [6.45, 7) is 4.58. The fourth-order valence-electron chi connectivity index (χ4n) is 3.17. The van der Waals surface area contributed by atoms with Gasteiger partial charge in [0.1, 0.15) is 0 Å². The summed E-state index contributed by atoms with van der Waals surface area (Å²) in [6.07, 6.45) is 6.09. The number of rotatable bonds is 3. The maximum atomic E-state index is 12.8.